The molecule has 1 aromatic rings. The minimum Gasteiger partial charge on any atom is -0.326 e. The molecule has 0 saturated carbocycles. The Labute approximate surface area is 127 Å². The van der Waals surface area contributed by atoms with Crippen LogP contribution < -0.4 is 16.0 Å². The Morgan fingerprint density at radius 1 is 1.32 bits per heavy atom. The van der Waals surface area contributed by atoms with Crippen LogP contribution >= 0.6 is 11.6 Å². The molecule has 1 unspecified atom stereocenters. The first-order valence-electron chi connectivity index (χ1n) is 5.95. The lowest BCUT2D eigenvalue weighted by Crippen LogP contribution is -2.33. The van der Waals surface area contributed by atoms with Crippen LogP contribution in [0.25, 0.3) is 0 Å². The summed E-state index contributed by atoms with van der Waals surface area (Å²) in [7, 11) is 0. The van der Waals surface area contributed by atoms with Gasteiger partial charge in [-0.2, -0.15) is 13.2 Å². The Balaban J connectivity index is 2.06. The molecule has 0 bridgehead atoms. The Bertz CT molecular complexity index is 648. The van der Waals surface area contributed by atoms with Gasteiger partial charge in [-0.15, -0.1) is 0 Å². The maximum atomic E-state index is 12.7. The highest BCUT2D eigenvalue weighted by Crippen LogP contribution is 2.36. The van der Waals surface area contributed by atoms with E-state index in [9.17, 15) is 27.6 Å². The van der Waals surface area contributed by atoms with Gasteiger partial charge in [-0.05, 0) is 18.2 Å². The maximum Gasteiger partial charge on any atom is 0.417 e. The van der Waals surface area contributed by atoms with Crippen molar-refractivity contribution in [2.24, 2.45) is 0 Å². The summed E-state index contributed by atoms with van der Waals surface area (Å²) in [5.41, 5.74) is -1.20. The summed E-state index contributed by atoms with van der Waals surface area (Å²) in [5, 5.41) is 5.86. The zero-order valence-corrected chi connectivity index (χ0v) is 11.5. The number of hydrogen-bond donors (Lipinski definition) is 3. The van der Waals surface area contributed by atoms with Gasteiger partial charge in [0, 0.05) is 5.69 Å². The molecule has 6 nitrogen and oxygen atoms in total. The van der Waals surface area contributed by atoms with E-state index in [-0.39, 0.29) is 5.69 Å². The number of benzene rings is 1. The number of amides is 4. The molecule has 1 aliphatic rings. The van der Waals surface area contributed by atoms with Gasteiger partial charge in [-0.3, -0.25) is 14.9 Å². The third kappa shape index (κ3) is 3.67. The molecule has 1 aliphatic heterocycles. The molecule has 3 N–H and O–H groups in total. The predicted octanol–water partition coefficient (Wildman–Crippen LogP) is 1.90. The van der Waals surface area contributed by atoms with Crippen LogP contribution in [0.3, 0.4) is 0 Å². The van der Waals surface area contributed by atoms with Gasteiger partial charge in [0.05, 0.1) is 17.0 Å². The molecule has 4 amide bonds. The van der Waals surface area contributed by atoms with Crippen LogP contribution in [0.1, 0.15) is 12.0 Å². The molecule has 1 heterocycles. The van der Waals surface area contributed by atoms with E-state index in [1.165, 1.54) is 6.07 Å². The normalized spacial score (nSPS) is 17.9. The second-order valence-electron chi connectivity index (χ2n) is 4.46. The first-order valence-corrected chi connectivity index (χ1v) is 6.32. The van der Waals surface area contributed by atoms with Crippen molar-refractivity contribution in [3.8, 4) is 0 Å². The number of rotatable bonds is 3. The lowest BCUT2D eigenvalue weighted by molar-refractivity contribution is -0.137. The second kappa shape index (κ2) is 5.84. The number of carbonyl (C=O) groups excluding carboxylic acids is 3. The molecule has 2 rings (SSSR count). The van der Waals surface area contributed by atoms with Gasteiger partial charge in [0.1, 0.15) is 6.04 Å². The molecule has 1 aromatic carbocycles. The largest absolute Gasteiger partial charge is 0.417 e. The number of hydrogen-bond acceptors (Lipinski definition) is 3. The fourth-order valence-electron chi connectivity index (χ4n) is 1.82. The predicted molar refractivity (Wildman–Crippen MR) is 70.2 cm³/mol. The molecule has 10 heteroatoms. The standard InChI is InChI=1S/C12H9ClF3N3O3/c13-7-2-1-5(3-6(7)12(14,15)16)17-9(20)4-8-10(21)19-11(22)18-8/h1-3,8H,4H2,(H,17,20)(H2,18,19,21,22). The van der Waals surface area contributed by atoms with Crippen LogP contribution in [-0.2, 0) is 15.8 Å². The highest BCUT2D eigenvalue weighted by atomic mass is 35.5. The molecule has 1 saturated heterocycles. The van der Waals surface area contributed by atoms with Crippen molar-refractivity contribution in [1.82, 2.24) is 10.6 Å². The summed E-state index contributed by atoms with van der Waals surface area (Å²) in [6.45, 7) is 0. The number of imide groups is 1. The third-order valence-electron chi connectivity index (χ3n) is 2.80. The Hall–Kier alpha value is -2.29. The zero-order chi connectivity index (χ0) is 16.5. The Morgan fingerprint density at radius 3 is 2.55 bits per heavy atom. The highest BCUT2D eigenvalue weighted by Gasteiger charge is 2.34. The first kappa shape index (κ1) is 16.1. The molecule has 1 atom stereocenters. The van der Waals surface area contributed by atoms with Crippen molar-refractivity contribution < 1.29 is 27.6 Å². The number of urea groups is 1. The average Bonchev–Trinajstić information content (AvgIpc) is 2.68. The van der Waals surface area contributed by atoms with Crippen molar-refractivity contribution in [3.05, 3.63) is 28.8 Å². The van der Waals surface area contributed by atoms with E-state index in [4.69, 9.17) is 11.6 Å². The van der Waals surface area contributed by atoms with Gasteiger partial charge in [-0.1, -0.05) is 11.6 Å². The van der Waals surface area contributed by atoms with Crippen LogP contribution in [0.5, 0.6) is 0 Å². The summed E-state index contributed by atoms with van der Waals surface area (Å²) < 4.78 is 38.1. The topological polar surface area (TPSA) is 87.3 Å². The number of anilines is 1. The molecule has 1 fully saturated rings. The van der Waals surface area contributed by atoms with Gasteiger partial charge >= 0.3 is 12.2 Å². The smallest absolute Gasteiger partial charge is 0.326 e. The quantitative estimate of drug-likeness (QED) is 0.737. The summed E-state index contributed by atoms with van der Waals surface area (Å²) >= 11 is 5.46. The Kier molecular flexibility index (Phi) is 4.27. The van der Waals surface area contributed by atoms with Crippen LogP contribution in [0.15, 0.2) is 18.2 Å². The van der Waals surface area contributed by atoms with E-state index < -0.39 is 47.1 Å². The van der Waals surface area contributed by atoms with Gasteiger partial charge in [-0.25, -0.2) is 4.79 Å². The molecular formula is C12H9ClF3N3O3. The average molecular weight is 336 g/mol. The molecule has 0 radical (unpaired) electrons. The summed E-state index contributed by atoms with van der Waals surface area (Å²) in [4.78, 5) is 33.9. The second-order valence-corrected chi connectivity index (χ2v) is 4.87. The molecule has 0 spiro atoms. The number of alkyl halides is 3. The lowest BCUT2D eigenvalue weighted by Gasteiger charge is -2.12. The summed E-state index contributed by atoms with van der Waals surface area (Å²) in [6.07, 6.45) is -5.06. The summed E-state index contributed by atoms with van der Waals surface area (Å²) in [6, 6.07) is 1.11. The van der Waals surface area contributed by atoms with Gasteiger partial charge < -0.3 is 10.6 Å². The van der Waals surface area contributed by atoms with E-state index in [2.05, 4.69) is 10.6 Å². The minimum atomic E-state index is -4.66. The number of carbonyl (C=O) groups is 3. The molecule has 0 aromatic heterocycles. The molecule has 118 valence electrons. The van der Waals surface area contributed by atoms with Crippen LogP contribution in [0.4, 0.5) is 23.7 Å². The summed E-state index contributed by atoms with van der Waals surface area (Å²) in [5.74, 6) is -1.40. The van der Waals surface area contributed by atoms with E-state index in [1.807, 2.05) is 5.32 Å². The van der Waals surface area contributed by atoms with E-state index >= 15 is 0 Å². The number of nitrogens with one attached hydrogen (secondary N) is 3. The minimum absolute atomic E-state index is 0.119. The van der Waals surface area contributed by atoms with Crippen LogP contribution in [0.2, 0.25) is 5.02 Å². The monoisotopic (exact) mass is 335 g/mol. The lowest BCUT2D eigenvalue weighted by atomic mass is 10.1. The first-order chi connectivity index (χ1) is 10.2. The van der Waals surface area contributed by atoms with Gasteiger partial charge in [0.25, 0.3) is 5.91 Å². The van der Waals surface area contributed by atoms with Crippen molar-refractivity contribution in [2.45, 2.75) is 18.6 Å². The van der Waals surface area contributed by atoms with Crippen molar-refractivity contribution in [3.63, 3.8) is 0 Å². The van der Waals surface area contributed by atoms with E-state index in [1.54, 1.807) is 0 Å². The van der Waals surface area contributed by atoms with Crippen molar-refractivity contribution in [2.75, 3.05) is 5.32 Å². The van der Waals surface area contributed by atoms with Gasteiger partial charge in [0.2, 0.25) is 5.91 Å². The number of halogens is 4. The van der Waals surface area contributed by atoms with Crippen LogP contribution in [-0.4, -0.2) is 23.9 Å². The fraction of sp³-hybridized carbons (Fsp3) is 0.250. The van der Waals surface area contributed by atoms with Crippen LogP contribution in [0, 0.1) is 0 Å². The molecule has 0 aliphatic carbocycles. The van der Waals surface area contributed by atoms with E-state index in [0.29, 0.717) is 6.07 Å². The Morgan fingerprint density at radius 2 is 2.00 bits per heavy atom. The highest BCUT2D eigenvalue weighted by molar-refractivity contribution is 6.31. The van der Waals surface area contributed by atoms with Crippen molar-refractivity contribution in [1.29, 1.82) is 0 Å². The zero-order valence-electron chi connectivity index (χ0n) is 10.8. The molecule has 22 heavy (non-hydrogen) atoms. The third-order valence-corrected chi connectivity index (χ3v) is 3.13. The molecular weight excluding hydrogens is 327 g/mol. The maximum absolute atomic E-state index is 12.7. The van der Waals surface area contributed by atoms with Crippen molar-refractivity contribution >= 4 is 35.1 Å². The van der Waals surface area contributed by atoms with Gasteiger partial charge in [0.15, 0.2) is 0 Å². The fourth-order valence-corrected chi connectivity index (χ4v) is 2.04. The SMILES string of the molecule is O=C(CC1NC(=O)NC1=O)Nc1ccc(Cl)c(C(F)(F)F)c1. The van der Waals surface area contributed by atoms with E-state index in [0.717, 1.165) is 6.07 Å².